The second-order valence-corrected chi connectivity index (χ2v) is 6.05. The molecule has 1 atom stereocenters. The van der Waals surface area contributed by atoms with E-state index in [1.165, 1.54) is 0 Å². The number of rotatable bonds is 1. The van der Waals surface area contributed by atoms with E-state index in [1.54, 1.807) is 0 Å². The van der Waals surface area contributed by atoms with Gasteiger partial charge in [-0.25, -0.2) is 9.76 Å². The van der Waals surface area contributed by atoms with Gasteiger partial charge in [-0.3, -0.25) is 4.57 Å². The van der Waals surface area contributed by atoms with Gasteiger partial charge in [0.1, 0.15) is 0 Å². The van der Waals surface area contributed by atoms with Crippen LogP contribution in [0.4, 0.5) is 0 Å². The molecule has 0 spiro atoms. The molecule has 0 bridgehead atoms. The van der Waals surface area contributed by atoms with Crippen LogP contribution in [-0.2, 0) is 9.09 Å². The van der Waals surface area contributed by atoms with E-state index in [4.69, 9.17) is 4.52 Å². The number of likely N-dealkylation sites (N-methyl/N-ethyl adjacent to an activating group) is 1. The molecule has 2 fully saturated rings. The van der Waals surface area contributed by atoms with Crippen LogP contribution in [0, 0.1) is 0 Å². The van der Waals surface area contributed by atoms with Gasteiger partial charge in [0.2, 0.25) is 0 Å². The fraction of sp³-hybridized carbons (Fsp3) is 1.00. The van der Waals surface area contributed by atoms with Gasteiger partial charge in [-0.05, 0) is 13.5 Å². The zero-order chi connectivity index (χ0) is 10.0. The van der Waals surface area contributed by atoms with Crippen molar-refractivity contribution in [2.24, 2.45) is 0 Å². The second kappa shape index (κ2) is 4.29. The van der Waals surface area contributed by atoms with E-state index in [-0.39, 0.29) is 0 Å². The summed E-state index contributed by atoms with van der Waals surface area (Å²) in [5.41, 5.74) is 0. The van der Waals surface area contributed by atoms with Crippen LogP contribution >= 0.6 is 7.67 Å². The Balaban J connectivity index is 1.96. The van der Waals surface area contributed by atoms with Gasteiger partial charge in [-0.15, -0.1) is 0 Å². The Labute approximate surface area is 85.0 Å². The average molecular weight is 219 g/mol. The van der Waals surface area contributed by atoms with Crippen molar-refractivity contribution >= 4 is 7.67 Å². The van der Waals surface area contributed by atoms with Gasteiger partial charge in [-0.1, -0.05) is 0 Å². The van der Waals surface area contributed by atoms with Crippen LogP contribution in [0.15, 0.2) is 0 Å². The maximum atomic E-state index is 12.3. The van der Waals surface area contributed by atoms with Gasteiger partial charge in [0.15, 0.2) is 0 Å². The predicted molar refractivity (Wildman–Crippen MR) is 55.2 cm³/mol. The lowest BCUT2D eigenvalue weighted by Crippen LogP contribution is -2.46. The molecule has 5 nitrogen and oxygen atoms in total. The van der Waals surface area contributed by atoms with Gasteiger partial charge < -0.3 is 9.42 Å². The van der Waals surface area contributed by atoms with E-state index < -0.39 is 7.67 Å². The van der Waals surface area contributed by atoms with Gasteiger partial charge in [0.25, 0.3) is 0 Å². The fourth-order valence-corrected chi connectivity index (χ4v) is 3.74. The maximum absolute atomic E-state index is 12.3. The minimum absolute atomic E-state index is 0.622. The van der Waals surface area contributed by atoms with Crippen LogP contribution in [0.25, 0.3) is 0 Å². The number of hydrogen-bond acceptors (Lipinski definition) is 3. The van der Waals surface area contributed by atoms with Gasteiger partial charge in [-0.2, -0.15) is 0 Å². The highest BCUT2D eigenvalue weighted by Gasteiger charge is 2.35. The Morgan fingerprint density at radius 1 is 1.29 bits per heavy atom. The first kappa shape index (κ1) is 10.6. The SMILES string of the molecule is CN1CCN(P2(=O)NCCCO2)CC1. The number of piperazine rings is 1. The van der Waals surface area contributed by atoms with Crippen LogP contribution in [-0.4, -0.2) is 55.9 Å². The lowest BCUT2D eigenvalue weighted by molar-refractivity contribution is 0.174. The highest BCUT2D eigenvalue weighted by atomic mass is 31.2. The Morgan fingerprint density at radius 2 is 2.00 bits per heavy atom. The molecule has 0 amide bonds. The summed E-state index contributed by atoms with van der Waals surface area (Å²) < 4.78 is 19.6. The number of nitrogens with one attached hydrogen (secondary N) is 1. The van der Waals surface area contributed by atoms with E-state index in [2.05, 4.69) is 17.0 Å². The monoisotopic (exact) mass is 219 g/mol. The molecule has 0 aromatic rings. The van der Waals surface area contributed by atoms with Gasteiger partial charge in [0.05, 0.1) is 6.61 Å². The topological polar surface area (TPSA) is 44.8 Å². The van der Waals surface area contributed by atoms with Crippen molar-refractivity contribution in [3.63, 3.8) is 0 Å². The van der Waals surface area contributed by atoms with Crippen molar-refractivity contribution < 1.29 is 9.09 Å². The number of nitrogens with zero attached hydrogens (tertiary/aromatic N) is 2. The van der Waals surface area contributed by atoms with Gasteiger partial charge >= 0.3 is 7.67 Å². The third kappa shape index (κ3) is 2.18. The summed E-state index contributed by atoms with van der Waals surface area (Å²) in [5.74, 6) is 0. The summed E-state index contributed by atoms with van der Waals surface area (Å²) in [4.78, 5) is 2.24. The van der Waals surface area contributed by atoms with Crippen LogP contribution in [0.1, 0.15) is 6.42 Å². The zero-order valence-electron chi connectivity index (χ0n) is 8.61. The summed E-state index contributed by atoms with van der Waals surface area (Å²) >= 11 is 0. The fourth-order valence-electron chi connectivity index (χ4n) is 1.77. The van der Waals surface area contributed by atoms with Crippen LogP contribution in [0.5, 0.6) is 0 Å². The molecule has 2 heterocycles. The Bertz CT molecular complexity index is 231. The van der Waals surface area contributed by atoms with Crippen molar-refractivity contribution in [3.8, 4) is 0 Å². The number of hydrogen-bond donors (Lipinski definition) is 1. The minimum Gasteiger partial charge on any atom is -0.306 e. The molecule has 1 N–H and O–H groups in total. The summed E-state index contributed by atoms with van der Waals surface area (Å²) in [7, 11) is -0.573. The second-order valence-electron chi connectivity index (χ2n) is 3.87. The molecule has 0 saturated carbocycles. The van der Waals surface area contributed by atoms with Crippen molar-refractivity contribution in [1.82, 2.24) is 14.7 Å². The maximum Gasteiger partial charge on any atom is 0.343 e. The molecule has 14 heavy (non-hydrogen) atoms. The van der Waals surface area contributed by atoms with Crippen molar-refractivity contribution in [2.45, 2.75) is 6.42 Å². The summed E-state index contributed by atoms with van der Waals surface area (Å²) in [6, 6.07) is 0. The van der Waals surface area contributed by atoms with E-state index in [0.29, 0.717) is 6.61 Å². The van der Waals surface area contributed by atoms with Gasteiger partial charge in [0, 0.05) is 32.7 Å². The smallest absolute Gasteiger partial charge is 0.306 e. The lowest BCUT2D eigenvalue weighted by atomic mass is 10.4. The quantitative estimate of drug-likeness (QED) is 0.645. The molecule has 2 saturated heterocycles. The Hall–Kier alpha value is 0.0700. The van der Waals surface area contributed by atoms with Crippen molar-refractivity contribution in [2.75, 3.05) is 46.4 Å². The van der Waals surface area contributed by atoms with Crippen LogP contribution in [0.2, 0.25) is 0 Å². The third-order valence-electron chi connectivity index (χ3n) is 2.75. The standard InChI is InChI=1S/C8H18N3O2P/c1-10-4-6-11(7-5-10)14(12)9-3-2-8-13-14/h2-8H2,1H3,(H,9,12). The van der Waals surface area contributed by atoms with E-state index in [0.717, 1.165) is 39.1 Å². The van der Waals surface area contributed by atoms with Crippen LogP contribution in [0.3, 0.4) is 0 Å². The summed E-state index contributed by atoms with van der Waals surface area (Å²) in [6.45, 7) is 5.03. The lowest BCUT2D eigenvalue weighted by Gasteiger charge is -2.38. The van der Waals surface area contributed by atoms with E-state index in [9.17, 15) is 4.57 Å². The normalized spacial score (nSPS) is 37.2. The molecule has 2 aliphatic heterocycles. The zero-order valence-corrected chi connectivity index (χ0v) is 9.50. The van der Waals surface area contributed by atoms with Crippen LogP contribution < -0.4 is 5.09 Å². The Morgan fingerprint density at radius 3 is 2.57 bits per heavy atom. The highest BCUT2D eigenvalue weighted by Crippen LogP contribution is 2.48. The van der Waals surface area contributed by atoms with Crippen molar-refractivity contribution in [1.29, 1.82) is 0 Å². The molecule has 6 heteroatoms. The predicted octanol–water partition coefficient (Wildman–Crippen LogP) is 0.352. The molecular weight excluding hydrogens is 201 g/mol. The molecule has 0 radical (unpaired) electrons. The molecule has 0 aromatic heterocycles. The van der Waals surface area contributed by atoms with E-state index >= 15 is 0 Å². The molecule has 2 rings (SSSR count). The molecule has 0 aliphatic carbocycles. The first-order chi connectivity index (χ1) is 6.71. The molecule has 1 unspecified atom stereocenters. The average Bonchev–Trinajstić information content (AvgIpc) is 2.19. The third-order valence-corrected chi connectivity index (χ3v) is 5.05. The largest absolute Gasteiger partial charge is 0.343 e. The van der Waals surface area contributed by atoms with E-state index in [1.807, 2.05) is 4.67 Å². The Kier molecular flexibility index (Phi) is 3.24. The molecule has 2 aliphatic rings. The first-order valence-corrected chi connectivity index (χ1v) is 6.72. The minimum atomic E-state index is -2.66. The van der Waals surface area contributed by atoms with Crippen molar-refractivity contribution in [3.05, 3.63) is 0 Å². The summed E-state index contributed by atoms with van der Waals surface area (Å²) in [6.07, 6.45) is 0.956. The molecule has 0 aromatic carbocycles. The highest BCUT2D eigenvalue weighted by molar-refractivity contribution is 7.54. The first-order valence-electron chi connectivity index (χ1n) is 5.14. The summed E-state index contributed by atoms with van der Waals surface area (Å²) in [5, 5.41) is 3.02. The molecule has 82 valence electrons. The molecular formula is C8H18N3O2P.